The van der Waals surface area contributed by atoms with Crippen LogP contribution in [0.3, 0.4) is 0 Å². The van der Waals surface area contributed by atoms with Crippen LogP contribution in [0.1, 0.15) is 27.3 Å². The van der Waals surface area contributed by atoms with Gasteiger partial charge in [0.25, 0.3) is 5.91 Å². The number of halogens is 4. The Morgan fingerprint density at radius 3 is 2.92 bits per heavy atom. The van der Waals surface area contributed by atoms with E-state index in [0.29, 0.717) is 17.8 Å². The van der Waals surface area contributed by atoms with Crippen molar-refractivity contribution in [3.63, 3.8) is 0 Å². The molecule has 142 valence electrons. The molecule has 0 atom stereocenters. The molecule has 1 amide bonds. The SMILES string of the molecule is Cl.O=C(NCc1cccc(OCC(F)(F)F)c1)c1n[nH]c2c1CNCC2. The highest BCUT2D eigenvalue weighted by atomic mass is 35.5. The Bertz CT molecular complexity index is 764. The van der Waals surface area contributed by atoms with Gasteiger partial charge in [0.15, 0.2) is 12.3 Å². The maximum atomic E-state index is 12.3. The first-order chi connectivity index (χ1) is 11.9. The van der Waals surface area contributed by atoms with E-state index in [0.717, 1.165) is 24.2 Å². The molecule has 0 saturated heterocycles. The molecule has 1 aliphatic heterocycles. The lowest BCUT2D eigenvalue weighted by Gasteiger charge is -2.13. The van der Waals surface area contributed by atoms with Gasteiger partial charge in [-0.3, -0.25) is 9.89 Å². The second kappa shape index (κ2) is 8.41. The van der Waals surface area contributed by atoms with Crippen molar-refractivity contribution in [3.05, 3.63) is 46.8 Å². The van der Waals surface area contributed by atoms with E-state index in [9.17, 15) is 18.0 Å². The third-order valence-corrected chi connectivity index (χ3v) is 3.78. The smallest absolute Gasteiger partial charge is 0.422 e. The van der Waals surface area contributed by atoms with Gasteiger partial charge in [-0.2, -0.15) is 18.3 Å². The number of H-pyrrole nitrogens is 1. The number of fused-ring (bicyclic) bond motifs is 1. The summed E-state index contributed by atoms with van der Waals surface area (Å²) in [6.07, 6.45) is -3.61. The molecule has 1 aromatic heterocycles. The predicted molar refractivity (Wildman–Crippen MR) is 90.4 cm³/mol. The minimum atomic E-state index is -4.39. The van der Waals surface area contributed by atoms with Crippen molar-refractivity contribution in [1.29, 1.82) is 0 Å². The monoisotopic (exact) mass is 390 g/mol. The van der Waals surface area contributed by atoms with Crippen LogP contribution in [0, 0.1) is 0 Å². The highest BCUT2D eigenvalue weighted by Crippen LogP contribution is 2.20. The minimum absolute atomic E-state index is 0. The van der Waals surface area contributed by atoms with Gasteiger partial charge >= 0.3 is 6.18 Å². The number of nitrogens with one attached hydrogen (secondary N) is 3. The van der Waals surface area contributed by atoms with Crippen molar-refractivity contribution in [2.24, 2.45) is 0 Å². The third-order valence-electron chi connectivity index (χ3n) is 3.78. The van der Waals surface area contributed by atoms with E-state index in [1.807, 2.05) is 0 Å². The molecular weight excluding hydrogens is 373 g/mol. The Kier molecular flexibility index (Phi) is 6.49. The molecule has 26 heavy (non-hydrogen) atoms. The molecule has 10 heteroatoms. The number of rotatable bonds is 5. The van der Waals surface area contributed by atoms with Crippen LogP contribution < -0.4 is 15.4 Å². The lowest BCUT2D eigenvalue weighted by Crippen LogP contribution is -2.28. The maximum Gasteiger partial charge on any atom is 0.422 e. The van der Waals surface area contributed by atoms with Crippen LogP contribution in [0.15, 0.2) is 24.3 Å². The Hall–Kier alpha value is -2.26. The first-order valence-electron chi connectivity index (χ1n) is 7.76. The topological polar surface area (TPSA) is 79.0 Å². The second-order valence-corrected chi connectivity index (χ2v) is 5.69. The molecule has 2 heterocycles. The van der Waals surface area contributed by atoms with Crippen LogP contribution in [0.4, 0.5) is 13.2 Å². The third kappa shape index (κ3) is 5.12. The van der Waals surface area contributed by atoms with Gasteiger partial charge in [-0.1, -0.05) is 12.1 Å². The summed E-state index contributed by atoms with van der Waals surface area (Å²) in [5.41, 5.74) is 2.78. The number of amides is 1. The van der Waals surface area contributed by atoms with E-state index >= 15 is 0 Å². The molecule has 0 spiro atoms. The van der Waals surface area contributed by atoms with Gasteiger partial charge < -0.3 is 15.4 Å². The van der Waals surface area contributed by atoms with Crippen molar-refractivity contribution < 1.29 is 22.7 Å². The number of hydrogen-bond donors (Lipinski definition) is 3. The zero-order chi connectivity index (χ0) is 17.9. The predicted octanol–water partition coefficient (Wildman–Crippen LogP) is 2.35. The fourth-order valence-electron chi connectivity index (χ4n) is 2.59. The first kappa shape index (κ1) is 20.1. The van der Waals surface area contributed by atoms with E-state index in [1.165, 1.54) is 12.1 Å². The van der Waals surface area contributed by atoms with Gasteiger partial charge in [-0.25, -0.2) is 0 Å². The molecule has 0 aliphatic carbocycles. The fourth-order valence-corrected chi connectivity index (χ4v) is 2.59. The number of ether oxygens (including phenoxy) is 1. The number of alkyl halides is 3. The van der Waals surface area contributed by atoms with Crippen molar-refractivity contribution in [2.75, 3.05) is 13.2 Å². The van der Waals surface area contributed by atoms with Crippen LogP contribution in [-0.2, 0) is 19.5 Å². The Balaban J connectivity index is 0.00000243. The molecule has 6 nitrogen and oxygen atoms in total. The van der Waals surface area contributed by atoms with Crippen molar-refractivity contribution in [2.45, 2.75) is 25.7 Å². The minimum Gasteiger partial charge on any atom is -0.484 e. The van der Waals surface area contributed by atoms with Gasteiger partial charge in [-0.05, 0) is 17.7 Å². The normalized spacial score (nSPS) is 13.5. The number of nitrogens with zero attached hydrogens (tertiary/aromatic N) is 1. The molecule has 2 aromatic rings. The van der Waals surface area contributed by atoms with Gasteiger partial charge in [0.2, 0.25) is 0 Å². The molecule has 3 rings (SSSR count). The van der Waals surface area contributed by atoms with Crippen LogP contribution in [-0.4, -0.2) is 35.4 Å². The second-order valence-electron chi connectivity index (χ2n) is 5.69. The summed E-state index contributed by atoms with van der Waals surface area (Å²) in [4.78, 5) is 12.3. The molecule has 1 aliphatic rings. The molecule has 0 saturated carbocycles. The zero-order valence-electron chi connectivity index (χ0n) is 13.7. The number of carbonyl (C=O) groups excluding carboxylic acids is 1. The quantitative estimate of drug-likeness (QED) is 0.732. The summed E-state index contributed by atoms with van der Waals surface area (Å²) in [5, 5.41) is 12.8. The zero-order valence-corrected chi connectivity index (χ0v) is 14.5. The molecule has 0 radical (unpaired) electrons. The van der Waals surface area contributed by atoms with Crippen LogP contribution >= 0.6 is 12.4 Å². The average molecular weight is 391 g/mol. The van der Waals surface area contributed by atoms with Crippen LogP contribution in [0.25, 0.3) is 0 Å². The standard InChI is InChI=1S/C16H17F3N4O2.ClH/c17-16(18,19)9-25-11-3-1-2-10(6-11)7-21-15(24)14-12-8-20-5-4-13(12)22-23-14;/h1-3,6,20H,4-5,7-9H2,(H,21,24)(H,22,23);1H. The highest BCUT2D eigenvalue weighted by Gasteiger charge is 2.28. The van der Waals surface area contributed by atoms with Gasteiger partial charge in [-0.15, -0.1) is 12.4 Å². The van der Waals surface area contributed by atoms with Gasteiger partial charge in [0.1, 0.15) is 5.75 Å². The number of aromatic nitrogens is 2. The lowest BCUT2D eigenvalue weighted by atomic mass is 10.1. The largest absolute Gasteiger partial charge is 0.484 e. The Morgan fingerprint density at radius 1 is 1.35 bits per heavy atom. The molecule has 0 fully saturated rings. The number of carbonyl (C=O) groups is 1. The molecule has 0 unspecified atom stereocenters. The summed E-state index contributed by atoms with van der Waals surface area (Å²) in [7, 11) is 0. The summed E-state index contributed by atoms with van der Waals surface area (Å²) < 4.78 is 41.3. The Morgan fingerprint density at radius 2 is 2.15 bits per heavy atom. The molecule has 3 N–H and O–H groups in total. The number of hydrogen-bond acceptors (Lipinski definition) is 4. The molecule has 1 aromatic carbocycles. The van der Waals surface area contributed by atoms with Crippen molar-refractivity contribution in [3.8, 4) is 5.75 Å². The number of benzene rings is 1. The average Bonchev–Trinajstić information content (AvgIpc) is 3.02. The molecular formula is C16H18ClF3N4O2. The van der Waals surface area contributed by atoms with E-state index in [-0.39, 0.29) is 30.6 Å². The summed E-state index contributed by atoms with van der Waals surface area (Å²) in [5.74, 6) is -0.228. The summed E-state index contributed by atoms with van der Waals surface area (Å²) in [6, 6.07) is 6.18. The highest BCUT2D eigenvalue weighted by molar-refractivity contribution is 5.94. The fraction of sp³-hybridized carbons (Fsp3) is 0.375. The number of aromatic amines is 1. The molecule has 0 bridgehead atoms. The summed E-state index contributed by atoms with van der Waals surface area (Å²) in [6.45, 7) is 0.225. The van der Waals surface area contributed by atoms with Gasteiger partial charge in [0, 0.05) is 37.3 Å². The van der Waals surface area contributed by atoms with Crippen molar-refractivity contribution >= 4 is 18.3 Å². The lowest BCUT2D eigenvalue weighted by molar-refractivity contribution is -0.153. The van der Waals surface area contributed by atoms with Gasteiger partial charge in [0.05, 0.1) is 0 Å². The van der Waals surface area contributed by atoms with E-state index in [2.05, 4.69) is 20.8 Å². The van der Waals surface area contributed by atoms with Crippen LogP contribution in [0.5, 0.6) is 5.75 Å². The Labute approximate surface area is 153 Å². The van der Waals surface area contributed by atoms with E-state index in [4.69, 9.17) is 4.74 Å². The maximum absolute atomic E-state index is 12.3. The van der Waals surface area contributed by atoms with Crippen LogP contribution in [0.2, 0.25) is 0 Å². The van der Waals surface area contributed by atoms with Crippen molar-refractivity contribution in [1.82, 2.24) is 20.8 Å². The van der Waals surface area contributed by atoms with E-state index < -0.39 is 12.8 Å². The summed E-state index contributed by atoms with van der Waals surface area (Å²) >= 11 is 0. The first-order valence-corrected chi connectivity index (χ1v) is 7.76. The van der Waals surface area contributed by atoms with E-state index in [1.54, 1.807) is 12.1 Å².